The molecule has 2 fully saturated rings. The van der Waals surface area contributed by atoms with Crippen LogP contribution in [0.4, 0.5) is 0 Å². The highest BCUT2D eigenvalue weighted by Crippen LogP contribution is 2.31. The summed E-state index contributed by atoms with van der Waals surface area (Å²) in [5.74, 6) is 0.469. The van der Waals surface area contributed by atoms with E-state index in [1.54, 1.807) is 13.8 Å². The largest absolute Gasteiger partial charge is 0.394 e. The minimum absolute atomic E-state index is 0.108. The number of aliphatic hydroxyl groups is 1. The van der Waals surface area contributed by atoms with Gasteiger partial charge < -0.3 is 15.3 Å². The van der Waals surface area contributed by atoms with Crippen LogP contribution in [0.3, 0.4) is 0 Å². The summed E-state index contributed by atoms with van der Waals surface area (Å²) >= 11 is 0. The lowest BCUT2D eigenvalue weighted by molar-refractivity contribution is -0.131. The summed E-state index contributed by atoms with van der Waals surface area (Å²) in [6, 6.07) is 0.317. The first-order valence-corrected chi connectivity index (χ1v) is 8.05. The van der Waals surface area contributed by atoms with Gasteiger partial charge in [0, 0.05) is 19.0 Å². The van der Waals surface area contributed by atoms with Gasteiger partial charge in [-0.05, 0) is 45.4 Å². The zero-order valence-corrected chi connectivity index (χ0v) is 13.4. The van der Waals surface area contributed by atoms with Gasteiger partial charge in [-0.2, -0.15) is 0 Å². The van der Waals surface area contributed by atoms with Crippen molar-refractivity contribution in [3.63, 3.8) is 0 Å². The molecule has 0 radical (unpaired) electrons. The number of hydrogen-bond donors (Lipinski definition) is 2. The monoisotopic (exact) mass is 296 g/mol. The van der Waals surface area contributed by atoms with Crippen molar-refractivity contribution in [2.45, 2.75) is 64.5 Å². The van der Waals surface area contributed by atoms with Gasteiger partial charge in [-0.3, -0.25) is 9.59 Å². The molecule has 1 aliphatic heterocycles. The maximum absolute atomic E-state index is 12.2. The van der Waals surface area contributed by atoms with Gasteiger partial charge in [0.05, 0.1) is 18.1 Å². The Morgan fingerprint density at radius 3 is 2.52 bits per heavy atom. The number of likely N-dealkylation sites (tertiary alicyclic amines) is 1. The van der Waals surface area contributed by atoms with Crippen LogP contribution in [0.2, 0.25) is 0 Å². The minimum atomic E-state index is -0.631. The average Bonchev–Trinajstić information content (AvgIpc) is 2.81. The summed E-state index contributed by atoms with van der Waals surface area (Å²) in [4.78, 5) is 26.4. The van der Waals surface area contributed by atoms with Gasteiger partial charge in [-0.25, -0.2) is 0 Å². The number of rotatable bonds is 4. The maximum atomic E-state index is 12.2. The molecule has 0 aromatic heterocycles. The van der Waals surface area contributed by atoms with Crippen LogP contribution < -0.4 is 5.32 Å². The standard InChI is InChI=1S/C16H28N2O3/c1-11-4-6-13(7-5-11)18-9-12(8-14(18)20)15(21)17-16(2,3)10-19/h11-13,19H,4-10H2,1-3H3,(H,17,21). The van der Waals surface area contributed by atoms with Crippen LogP contribution in [0.25, 0.3) is 0 Å². The van der Waals surface area contributed by atoms with Crippen molar-refractivity contribution >= 4 is 11.8 Å². The predicted molar refractivity (Wildman–Crippen MR) is 80.5 cm³/mol. The molecule has 0 bridgehead atoms. The van der Waals surface area contributed by atoms with Crippen LogP contribution in [-0.2, 0) is 9.59 Å². The van der Waals surface area contributed by atoms with Gasteiger partial charge in [-0.15, -0.1) is 0 Å². The van der Waals surface area contributed by atoms with E-state index < -0.39 is 5.54 Å². The molecule has 2 aliphatic rings. The highest BCUT2D eigenvalue weighted by molar-refractivity contribution is 5.89. The van der Waals surface area contributed by atoms with Crippen molar-refractivity contribution in [2.24, 2.45) is 11.8 Å². The Labute approximate surface area is 127 Å². The fraction of sp³-hybridized carbons (Fsp3) is 0.875. The molecule has 120 valence electrons. The molecule has 0 aromatic carbocycles. The smallest absolute Gasteiger partial charge is 0.225 e. The van der Waals surface area contributed by atoms with Gasteiger partial charge >= 0.3 is 0 Å². The lowest BCUT2D eigenvalue weighted by atomic mass is 9.86. The Hall–Kier alpha value is -1.10. The van der Waals surface area contributed by atoms with Crippen LogP contribution in [-0.4, -0.2) is 46.6 Å². The number of carbonyl (C=O) groups is 2. The Morgan fingerprint density at radius 1 is 1.33 bits per heavy atom. The molecular weight excluding hydrogens is 268 g/mol. The molecule has 1 saturated carbocycles. The Kier molecular flexibility index (Phi) is 4.91. The fourth-order valence-electron chi connectivity index (χ4n) is 3.29. The summed E-state index contributed by atoms with van der Waals surface area (Å²) in [5, 5.41) is 12.1. The second-order valence-corrected chi connectivity index (χ2v) is 7.39. The van der Waals surface area contributed by atoms with Crippen molar-refractivity contribution < 1.29 is 14.7 Å². The molecule has 2 rings (SSSR count). The second-order valence-electron chi connectivity index (χ2n) is 7.39. The van der Waals surface area contributed by atoms with E-state index in [0.717, 1.165) is 18.8 Å². The molecule has 5 nitrogen and oxygen atoms in total. The molecule has 1 aliphatic carbocycles. The van der Waals surface area contributed by atoms with Gasteiger partial charge in [0.25, 0.3) is 0 Å². The van der Waals surface area contributed by atoms with E-state index in [1.165, 1.54) is 12.8 Å². The maximum Gasteiger partial charge on any atom is 0.225 e. The highest BCUT2D eigenvalue weighted by atomic mass is 16.3. The van der Waals surface area contributed by atoms with Crippen LogP contribution in [0.5, 0.6) is 0 Å². The van der Waals surface area contributed by atoms with Gasteiger partial charge in [0.15, 0.2) is 0 Å². The molecule has 0 spiro atoms. The third kappa shape index (κ3) is 3.96. The first-order chi connectivity index (χ1) is 9.82. The van der Waals surface area contributed by atoms with Crippen molar-refractivity contribution in [3.8, 4) is 0 Å². The fourth-order valence-corrected chi connectivity index (χ4v) is 3.29. The van der Waals surface area contributed by atoms with E-state index in [1.807, 2.05) is 4.90 Å². The quantitative estimate of drug-likeness (QED) is 0.821. The molecular formula is C16H28N2O3. The minimum Gasteiger partial charge on any atom is -0.394 e. The number of aliphatic hydroxyl groups excluding tert-OH is 1. The molecule has 21 heavy (non-hydrogen) atoms. The summed E-state index contributed by atoms with van der Waals surface area (Å²) < 4.78 is 0. The predicted octanol–water partition coefficient (Wildman–Crippen LogP) is 1.30. The van der Waals surface area contributed by atoms with Gasteiger partial charge in [0.2, 0.25) is 11.8 Å². The first-order valence-electron chi connectivity index (χ1n) is 8.05. The van der Waals surface area contributed by atoms with Crippen LogP contribution in [0.1, 0.15) is 52.9 Å². The third-order valence-electron chi connectivity index (χ3n) is 4.81. The van der Waals surface area contributed by atoms with E-state index in [-0.39, 0.29) is 24.3 Å². The molecule has 2 N–H and O–H groups in total. The summed E-state index contributed by atoms with van der Waals surface area (Å²) in [6.07, 6.45) is 4.76. The second kappa shape index (κ2) is 6.34. The van der Waals surface area contributed by atoms with E-state index in [4.69, 9.17) is 0 Å². The van der Waals surface area contributed by atoms with E-state index >= 15 is 0 Å². The van der Waals surface area contributed by atoms with Crippen molar-refractivity contribution in [3.05, 3.63) is 0 Å². The van der Waals surface area contributed by atoms with Crippen LogP contribution >= 0.6 is 0 Å². The summed E-state index contributed by atoms with van der Waals surface area (Å²) in [7, 11) is 0. The molecule has 0 aromatic rings. The Morgan fingerprint density at radius 2 is 1.95 bits per heavy atom. The summed E-state index contributed by atoms with van der Waals surface area (Å²) in [5.41, 5.74) is -0.631. The zero-order valence-electron chi connectivity index (χ0n) is 13.4. The lowest BCUT2D eigenvalue weighted by Crippen LogP contribution is -2.49. The van der Waals surface area contributed by atoms with E-state index in [9.17, 15) is 14.7 Å². The van der Waals surface area contributed by atoms with Crippen molar-refractivity contribution in [1.29, 1.82) is 0 Å². The Bertz CT molecular complexity index is 400. The van der Waals surface area contributed by atoms with Crippen LogP contribution in [0.15, 0.2) is 0 Å². The molecule has 5 heteroatoms. The molecule has 2 amide bonds. The zero-order chi connectivity index (χ0) is 15.6. The number of amides is 2. The summed E-state index contributed by atoms with van der Waals surface area (Å²) in [6.45, 7) is 6.24. The van der Waals surface area contributed by atoms with E-state index in [0.29, 0.717) is 19.0 Å². The van der Waals surface area contributed by atoms with Crippen molar-refractivity contribution in [2.75, 3.05) is 13.2 Å². The number of nitrogens with zero attached hydrogens (tertiary/aromatic N) is 1. The van der Waals surface area contributed by atoms with Gasteiger partial charge in [0.1, 0.15) is 0 Å². The van der Waals surface area contributed by atoms with Crippen LogP contribution in [0, 0.1) is 11.8 Å². The number of carbonyl (C=O) groups excluding carboxylic acids is 2. The topological polar surface area (TPSA) is 69.6 Å². The molecule has 1 saturated heterocycles. The van der Waals surface area contributed by atoms with E-state index in [2.05, 4.69) is 12.2 Å². The molecule has 1 heterocycles. The number of hydrogen-bond acceptors (Lipinski definition) is 3. The Balaban J connectivity index is 1.91. The SMILES string of the molecule is CC1CCC(N2CC(C(=O)NC(C)(C)CO)CC2=O)CC1. The molecule has 1 atom stereocenters. The highest BCUT2D eigenvalue weighted by Gasteiger charge is 2.39. The normalized spacial score (nSPS) is 30.6. The first kappa shape index (κ1) is 16.3. The average molecular weight is 296 g/mol. The van der Waals surface area contributed by atoms with Gasteiger partial charge in [-0.1, -0.05) is 6.92 Å². The third-order valence-corrected chi connectivity index (χ3v) is 4.81. The van der Waals surface area contributed by atoms with Crippen molar-refractivity contribution in [1.82, 2.24) is 10.2 Å². The lowest BCUT2D eigenvalue weighted by Gasteiger charge is -2.33. The number of nitrogens with one attached hydrogen (secondary N) is 1. The molecule has 1 unspecified atom stereocenters.